The molecule has 11 heteroatoms. The van der Waals surface area contributed by atoms with E-state index in [-0.39, 0.29) is 41.2 Å². The standard InChI is InChI=1S/C30H27Cl3N2O6/c1-4-14-5-7-16(8-6-14)35-25(37)18-10-9-17-19(22(18)26(35)38)13-29(32)27(39)34(2)28(40)30(29,33)23(17)15-11-20(31)24(36)21(12-15)41-3/h5-9,11-12,18-19,22-23,36H,4,10,13H2,1-3H3. The van der Waals surface area contributed by atoms with E-state index in [0.717, 1.165) is 16.9 Å². The molecule has 0 bridgehead atoms. The predicted octanol–water partition coefficient (Wildman–Crippen LogP) is 4.81. The molecule has 6 atom stereocenters. The number of alkyl halides is 2. The van der Waals surface area contributed by atoms with Crippen molar-refractivity contribution in [1.82, 2.24) is 4.90 Å². The van der Waals surface area contributed by atoms with Gasteiger partial charge in [-0.25, -0.2) is 0 Å². The number of carbonyl (C=O) groups excluding carboxylic acids is 4. The van der Waals surface area contributed by atoms with E-state index >= 15 is 0 Å². The Morgan fingerprint density at radius 2 is 1.71 bits per heavy atom. The Kier molecular flexibility index (Phi) is 6.49. The number of benzene rings is 2. The van der Waals surface area contributed by atoms with Crippen molar-refractivity contribution in [3.8, 4) is 11.5 Å². The zero-order valence-electron chi connectivity index (χ0n) is 22.5. The number of imide groups is 2. The molecule has 2 aromatic rings. The van der Waals surface area contributed by atoms with Gasteiger partial charge in [0.25, 0.3) is 11.8 Å². The molecule has 6 unspecified atom stereocenters. The molecule has 1 N–H and O–H groups in total. The minimum Gasteiger partial charge on any atom is -0.503 e. The van der Waals surface area contributed by atoms with Crippen LogP contribution in [0.2, 0.25) is 5.02 Å². The van der Waals surface area contributed by atoms with Crippen molar-refractivity contribution in [2.24, 2.45) is 17.8 Å². The lowest BCUT2D eigenvalue weighted by atomic mass is 9.56. The Hall–Kier alpha value is -3.07. The first-order valence-corrected chi connectivity index (χ1v) is 14.5. The molecule has 6 rings (SSSR count). The lowest BCUT2D eigenvalue weighted by Crippen LogP contribution is -2.60. The van der Waals surface area contributed by atoms with Crippen LogP contribution in [-0.4, -0.2) is 57.5 Å². The molecule has 214 valence electrons. The van der Waals surface area contributed by atoms with Gasteiger partial charge in [-0.05, 0) is 60.6 Å². The van der Waals surface area contributed by atoms with Crippen LogP contribution in [0.25, 0.3) is 0 Å². The van der Waals surface area contributed by atoms with E-state index in [2.05, 4.69) is 0 Å². The summed E-state index contributed by atoms with van der Waals surface area (Å²) in [5.74, 6) is -5.44. The molecule has 3 fully saturated rings. The highest BCUT2D eigenvalue weighted by Crippen LogP contribution is 2.65. The van der Waals surface area contributed by atoms with E-state index in [1.54, 1.807) is 12.1 Å². The van der Waals surface area contributed by atoms with Crippen LogP contribution >= 0.6 is 34.8 Å². The number of likely N-dealkylation sites (tertiary alicyclic amines) is 1. The molecule has 0 aromatic heterocycles. The molecule has 1 saturated carbocycles. The molecule has 2 aliphatic heterocycles. The minimum absolute atomic E-state index is 0.0447. The number of anilines is 1. The fourth-order valence-electron chi connectivity index (χ4n) is 7.17. The number of carbonyl (C=O) groups is 4. The maximum absolute atomic E-state index is 14.1. The summed E-state index contributed by atoms with van der Waals surface area (Å²) >= 11 is 20.7. The zero-order chi connectivity index (χ0) is 29.6. The number of halogens is 3. The van der Waals surface area contributed by atoms with Gasteiger partial charge in [0.15, 0.2) is 21.2 Å². The van der Waals surface area contributed by atoms with E-state index < -0.39 is 45.2 Å². The van der Waals surface area contributed by atoms with Crippen molar-refractivity contribution < 1.29 is 29.0 Å². The first-order valence-electron chi connectivity index (χ1n) is 13.3. The predicted molar refractivity (Wildman–Crippen MR) is 153 cm³/mol. The number of fused-ring (bicyclic) bond motifs is 4. The molecule has 0 radical (unpaired) electrons. The SMILES string of the molecule is CCc1ccc(N2C(=O)C3CC=C4C(CC5(Cl)C(=O)N(C)C(=O)C5(Cl)C4c4cc(Cl)c(O)c(OC)c4)C3C2=O)cc1. The van der Waals surface area contributed by atoms with E-state index in [4.69, 9.17) is 39.5 Å². The maximum atomic E-state index is 14.1. The summed E-state index contributed by atoms with van der Waals surface area (Å²) in [6.07, 6.45) is 2.79. The molecule has 4 aliphatic rings. The van der Waals surface area contributed by atoms with Crippen LogP contribution in [0.15, 0.2) is 48.0 Å². The lowest BCUT2D eigenvalue weighted by molar-refractivity contribution is -0.138. The Morgan fingerprint density at radius 1 is 1.02 bits per heavy atom. The van der Waals surface area contributed by atoms with Gasteiger partial charge in [0, 0.05) is 13.0 Å². The van der Waals surface area contributed by atoms with Crippen LogP contribution in [0.1, 0.15) is 36.8 Å². The van der Waals surface area contributed by atoms with Gasteiger partial charge in [-0.15, -0.1) is 23.2 Å². The average Bonchev–Trinajstić information content (AvgIpc) is 3.29. The molecular weight excluding hydrogens is 591 g/mol. The Labute approximate surface area is 251 Å². The van der Waals surface area contributed by atoms with Gasteiger partial charge in [0.2, 0.25) is 11.8 Å². The molecule has 2 saturated heterocycles. The summed E-state index contributed by atoms with van der Waals surface area (Å²) in [7, 11) is 2.68. The van der Waals surface area contributed by atoms with Crippen molar-refractivity contribution in [1.29, 1.82) is 0 Å². The van der Waals surface area contributed by atoms with Gasteiger partial charge in [-0.3, -0.25) is 29.0 Å². The topological polar surface area (TPSA) is 104 Å². The van der Waals surface area contributed by atoms with Gasteiger partial charge in [0.05, 0.1) is 29.7 Å². The molecule has 0 spiro atoms. The number of ether oxygens (including phenoxy) is 1. The van der Waals surface area contributed by atoms with Gasteiger partial charge in [0.1, 0.15) is 0 Å². The quantitative estimate of drug-likeness (QED) is 0.300. The van der Waals surface area contributed by atoms with Crippen LogP contribution in [0, 0.1) is 17.8 Å². The number of phenolic OH excluding ortho intramolecular Hbond substituents is 1. The second kappa shape index (κ2) is 9.48. The number of aryl methyl sites for hydroxylation is 1. The maximum Gasteiger partial charge on any atom is 0.253 e. The van der Waals surface area contributed by atoms with Gasteiger partial charge in [-0.1, -0.05) is 42.3 Å². The number of methoxy groups -OCH3 is 1. The number of amides is 4. The first kappa shape index (κ1) is 28.1. The second-order valence-corrected chi connectivity index (χ2v) is 12.7. The van der Waals surface area contributed by atoms with Crippen molar-refractivity contribution in [2.45, 2.75) is 41.9 Å². The molecule has 2 aliphatic carbocycles. The van der Waals surface area contributed by atoms with Crippen LogP contribution in [-0.2, 0) is 25.6 Å². The minimum atomic E-state index is -1.96. The monoisotopic (exact) mass is 616 g/mol. The van der Waals surface area contributed by atoms with E-state index in [1.165, 1.54) is 31.2 Å². The van der Waals surface area contributed by atoms with Crippen molar-refractivity contribution >= 4 is 64.1 Å². The van der Waals surface area contributed by atoms with Crippen LogP contribution in [0.5, 0.6) is 11.5 Å². The van der Waals surface area contributed by atoms with Crippen molar-refractivity contribution in [3.63, 3.8) is 0 Å². The number of aromatic hydroxyl groups is 1. The summed E-state index contributed by atoms with van der Waals surface area (Å²) in [4.78, 5) is 53.3. The fraction of sp³-hybridized carbons (Fsp3) is 0.400. The largest absolute Gasteiger partial charge is 0.503 e. The third-order valence-electron chi connectivity index (χ3n) is 9.22. The molecule has 41 heavy (non-hydrogen) atoms. The normalized spacial score (nSPS) is 32.6. The molecule has 2 aromatic carbocycles. The number of nitrogens with zero attached hydrogens (tertiary/aromatic N) is 2. The van der Waals surface area contributed by atoms with Crippen LogP contribution in [0.3, 0.4) is 0 Å². The van der Waals surface area contributed by atoms with E-state index in [0.29, 0.717) is 16.8 Å². The Bertz CT molecular complexity index is 1560. The van der Waals surface area contributed by atoms with Gasteiger partial charge in [-0.2, -0.15) is 0 Å². The Balaban J connectivity index is 1.51. The molecule has 4 amide bonds. The number of phenols is 1. The van der Waals surface area contributed by atoms with E-state index in [1.807, 2.05) is 25.1 Å². The fourth-order valence-corrected chi connectivity index (χ4v) is 8.41. The zero-order valence-corrected chi connectivity index (χ0v) is 24.8. The molecular formula is C30H27Cl3N2O6. The number of rotatable bonds is 4. The summed E-state index contributed by atoms with van der Waals surface area (Å²) in [5.41, 5.74) is 2.57. The van der Waals surface area contributed by atoms with Gasteiger partial charge >= 0.3 is 0 Å². The Morgan fingerprint density at radius 3 is 2.34 bits per heavy atom. The highest BCUT2D eigenvalue weighted by atomic mass is 35.5. The summed E-state index contributed by atoms with van der Waals surface area (Å²) in [6.45, 7) is 2.02. The smallest absolute Gasteiger partial charge is 0.253 e. The third-order valence-corrected chi connectivity index (χ3v) is 10.9. The molecule has 2 heterocycles. The molecule has 8 nitrogen and oxygen atoms in total. The van der Waals surface area contributed by atoms with Crippen LogP contribution < -0.4 is 9.64 Å². The first-order chi connectivity index (χ1) is 19.4. The second-order valence-electron chi connectivity index (χ2n) is 11.1. The van der Waals surface area contributed by atoms with Crippen molar-refractivity contribution in [3.05, 3.63) is 64.2 Å². The van der Waals surface area contributed by atoms with E-state index in [9.17, 15) is 24.3 Å². The average molecular weight is 618 g/mol. The number of hydrogen-bond donors (Lipinski definition) is 1. The summed E-state index contributed by atoms with van der Waals surface area (Å²) in [5, 5.41) is 10.4. The highest BCUT2D eigenvalue weighted by molar-refractivity contribution is 6.53. The van der Waals surface area contributed by atoms with Crippen molar-refractivity contribution in [2.75, 3.05) is 19.1 Å². The lowest BCUT2D eigenvalue weighted by Gasteiger charge is -2.50. The highest BCUT2D eigenvalue weighted by Gasteiger charge is 2.76. The summed E-state index contributed by atoms with van der Waals surface area (Å²) in [6, 6.07) is 10.2. The van der Waals surface area contributed by atoms with Crippen LogP contribution in [0.4, 0.5) is 5.69 Å². The third kappa shape index (κ3) is 3.60. The number of allylic oxidation sites excluding steroid dienone is 2. The van der Waals surface area contributed by atoms with Gasteiger partial charge < -0.3 is 9.84 Å². The number of hydrogen-bond acceptors (Lipinski definition) is 6. The summed E-state index contributed by atoms with van der Waals surface area (Å²) < 4.78 is 5.31.